The molecule has 0 heterocycles. The molecule has 10 nitrogen and oxygen atoms in total. The van der Waals surface area contributed by atoms with E-state index in [2.05, 4.69) is 5.32 Å². The van der Waals surface area contributed by atoms with Crippen molar-refractivity contribution in [2.45, 2.75) is 66.6 Å². The number of nitro benzene ring substituents is 1. The predicted molar refractivity (Wildman–Crippen MR) is 134 cm³/mol. The summed E-state index contributed by atoms with van der Waals surface area (Å²) in [5.41, 5.74) is 0.512. The molecule has 0 radical (unpaired) electrons. The van der Waals surface area contributed by atoms with Gasteiger partial charge in [0.2, 0.25) is 0 Å². The molecule has 35 heavy (non-hydrogen) atoms. The second-order valence-electron chi connectivity index (χ2n) is 10.1. The minimum absolute atomic E-state index is 0.0762. The Morgan fingerprint density at radius 2 is 1.51 bits per heavy atom. The highest BCUT2D eigenvalue weighted by atomic mass is 16.6. The maximum Gasteiger partial charge on any atom is 0.414 e. The van der Waals surface area contributed by atoms with Gasteiger partial charge in [0.25, 0.3) is 5.69 Å². The van der Waals surface area contributed by atoms with E-state index in [9.17, 15) is 19.7 Å². The van der Waals surface area contributed by atoms with Crippen molar-refractivity contribution < 1.29 is 28.7 Å². The third-order valence-corrected chi connectivity index (χ3v) is 4.61. The molecule has 2 aromatic carbocycles. The number of carbonyl (C=O) groups is 2. The second-order valence-corrected chi connectivity index (χ2v) is 10.1. The van der Waals surface area contributed by atoms with Gasteiger partial charge in [-0.05, 0) is 79.2 Å². The zero-order valence-corrected chi connectivity index (χ0v) is 21.6. The normalized spacial score (nSPS) is 11.5. The molecule has 0 aliphatic carbocycles. The zero-order valence-electron chi connectivity index (χ0n) is 21.6. The van der Waals surface area contributed by atoms with Gasteiger partial charge in [-0.1, -0.05) is 0 Å². The Morgan fingerprint density at radius 3 is 2.00 bits per heavy atom. The quantitative estimate of drug-likeness (QED) is 0.367. The van der Waals surface area contributed by atoms with Gasteiger partial charge < -0.3 is 14.2 Å². The van der Waals surface area contributed by atoms with Crippen LogP contribution >= 0.6 is 0 Å². The van der Waals surface area contributed by atoms with E-state index >= 15 is 0 Å². The third kappa shape index (κ3) is 7.59. The minimum atomic E-state index is -0.735. The highest BCUT2D eigenvalue weighted by Crippen LogP contribution is 2.41. The number of non-ortho nitro benzene ring substituents is 1. The van der Waals surface area contributed by atoms with Gasteiger partial charge in [-0.2, -0.15) is 0 Å². The Balaban J connectivity index is 2.56. The lowest BCUT2D eigenvalue weighted by Crippen LogP contribution is -2.35. The molecule has 0 unspecified atom stereocenters. The fraction of sp³-hybridized carbons (Fsp3) is 0.440. The number of aryl methyl sites for hydroxylation is 1. The van der Waals surface area contributed by atoms with Gasteiger partial charge in [0.15, 0.2) is 5.75 Å². The highest BCUT2D eigenvalue weighted by molar-refractivity contribution is 5.95. The first-order valence-corrected chi connectivity index (χ1v) is 11.0. The number of carbonyl (C=O) groups excluding carboxylic acids is 2. The van der Waals surface area contributed by atoms with E-state index in [1.165, 1.54) is 36.2 Å². The first-order valence-electron chi connectivity index (χ1n) is 11.0. The second kappa shape index (κ2) is 10.2. The van der Waals surface area contributed by atoms with Gasteiger partial charge in [-0.15, -0.1) is 0 Å². The van der Waals surface area contributed by atoms with Gasteiger partial charge in [-0.3, -0.25) is 20.3 Å². The molecule has 2 amide bonds. The summed E-state index contributed by atoms with van der Waals surface area (Å²) >= 11 is 0. The number of nitrogens with zero attached hydrogens (tertiary/aromatic N) is 2. The van der Waals surface area contributed by atoms with Crippen molar-refractivity contribution in [3.8, 4) is 11.5 Å². The molecule has 10 heteroatoms. The summed E-state index contributed by atoms with van der Waals surface area (Å²) in [6.07, 6.45) is -1.26. The van der Waals surface area contributed by atoms with Crippen LogP contribution in [0.15, 0.2) is 30.3 Å². The van der Waals surface area contributed by atoms with Gasteiger partial charge in [0, 0.05) is 24.7 Å². The van der Waals surface area contributed by atoms with E-state index in [1.54, 1.807) is 61.5 Å². The van der Waals surface area contributed by atoms with Crippen LogP contribution < -0.4 is 15.0 Å². The number of ether oxygens (including phenoxy) is 3. The molecule has 0 aliphatic rings. The molecule has 0 saturated carbocycles. The zero-order chi connectivity index (χ0) is 26.7. The van der Waals surface area contributed by atoms with E-state index in [1.807, 2.05) is 0 Å². The smallest absolute Gasteiger partial charge is 0.414 e. The fourth-order valence-corrected chi connectivity index (χ4v) is 3.21. The summed E-state index contributed by atoms with van der Waals surface area (Å²) in [6.45, 7) is 14.1. The fourth-order valence-electron chi connectivity index (χ4n) is 3.21. The van der Waals surface area contributed by atoms with Crippen LogP contribution in [0.1, 0.15) is 52.7 Å². The van der Waals surface area contributed by atoms with Crippen LogP contribution in [0.4, 0.5) is 26.7 Å². The standard InChI is InChI=1S/C25H33N3O7/c1-15-14-19(33-18-12-10-17(11-13-18)28(31)32)21(27(9)23(30)35-25(6,7)8)16(2)20(15)26-22(29)34-24(3,4)5/h10-14H,1-9H3,(H,26,29). The molecular weight excluding hydrogens is 454 g/mol. The Hall–Kier alpha value is -3.82. The number of benzene rings is 2. The molecular formula is C25H33N3O7. The van der Waals surface area contributed by atoms with Gasteiger partial charge in [0.05, 0.1) is 16.3 Å². The lowest BCUT2D eigenvalue weighted by molar-refractivity contribution is -0.384. The Morgan fingerprint density at radius 1 is 0.971 bits per heavy atom. The summed E-state index contributed by atoms with van der Waals surface area (Å²) in [5, 5.41) is 13.7. The highest BCUT2D eigenvalue weighted by Gasteiger charge is 2.27. The van der Waals surface area contributed by atoms with E-state index in [-0.39, 0.29) is 5.69 Å². The van der Waals surface area contributed by atoms with Crippen molar-refractivity contribution in [3.05, 3.63) is 51.6 Å². The van der Waals surface area contributed by atoms with Gasteiger partial charge in [0.1, 0.15) is 17.0 Å². The van der Waals surface area contributed by atoms with Crippen molar-refractivity contribution in [1.29, 1.82) is 0 Å². The molecule has 0 saturated heterocycles. The van der Waals surface area contributed by atoms with Crippen LogP contribution in [-0.4, -0.2) is 35.4 Å². The summed E-state index contributed by atoms with van der Waals surface area (Å²) in [4.78, 5) is 37.1. The number of anilines is 2. The number of hydrogen-bond acceptors (Lipinski definition) is 7. The van der Waals surface area contributed by atoms with Crippen LogP contribution in [0, 0.1) is 24.0 Å². The molecule has 2 aromatic rings. The summed E-state index contributed by atoms with van der Waals surface area (Å²) in [6, 6.07) is 7.24. The number of rotatable bonds is 5. The average molecular weight is 488 g/mol. The molecule has 0 bridgehead atoms. The van der Waals surface area contributed by atoms with Crippen LogP contribution in [0.5, 0.6) is 11.5 Å². The first-order chi connectivity index (χ1) is 16.0. The number of hydrogen-bond donors (Lipinski definition) is 1. The molecule has 0 aliphatic heterocycles. The van der Waals surface area contributed by atoms with Crippen molar-refractivity contribution >= 4 is 29.2 Å². The largest absolute Gasteiger partial charge is 0.455 e. The average Bonchev–Trinajstić information content (AvgIpc) is 2.68. The van der Waals surface area contributed by atoms with Gasteiger partial charge >= 0.3 is 12.2 Å². The van der Waals surface area contributed by atoms with Gasteiger partial charge in [-0.25, -0.2) is 9.59 Å². The third-order valence-electron chi connectivity index (χ3n) is 4.61. The monoisotopic (exact) mass is 487 g/mol. The van der Waals surface area contributed by atoms with Crippen LogP contribution in [0.3, 0.4) is 0 Å². The lowest BCUT2D eigenvalue weighted by Gasteiger charge is -2.28. The van der Waals surface area contributed by atoms with Crippen LogP contribution in [0.2, 0.25) is 0 Å². The van der Waals surface area contributed by atoms with Crippen LogP contribution in [0.25, 0.3) is 0 Å². The topological polar surface area (TPSA) is 120 Å². The van der Waals surface area contributed by atoms with Crippen molar-refractivity contribution in [1.82, 2.24) is 0 Å². The van der Waals surface area contributed by atoms with Crippen molar-refractivity contribution in [2.75, 3.05) is 17.3 Å². The molecule has 2 rings (SSSR count). The molecule has 0 aromatic heterocycles. The van der Waals surface area contributed by atoms with E-state index in [0.717, 1.165) is 0 Å². The number of amides is 2. The molecule has 0 fully saturated rings. The summed E-state index contributed by atoms with van der Waals surface area (Å²) in [7, 11) is 1.53. The maximum absolute atomic E-state index is 12.9. The van der Waals surface area contributed by atoms with E-state index in [4.69, 9.17) is 14.2 Å². The Bertz CT molecular complexity index is 1110. The van der Waals surface area contributed by atoms with Crippen molar-refractivity contribution in [3.63, 3.8) is 0 Å². The Kier molecular flexibility index (Phi) is 8.00. The molecule has 1 N–H and O–H groups in total. The molecule has 190 valence electrons. The number of nitro groups is 1. The Labute approximate surface area is 205 Å². The first kappa shape index (κ1) is 27.4. The SMILES string of the molecule is Cc1cc(Oc2ccc([N+](=O)[O-])cc2)c(N(C)C(=O)OC(C)(C)C)c(C)c1NC(=O)OC(C)(C)C. The van der Waals surface area contributed by atoms with E-state index < -0.39 is 28.3 Å². The summed E-state index contributed by atoms with van der Waals surface area (Å²) in [5.74, 6) is 0.637. The van der Waals surface area contributed by atoms with Crippen molar-refractivity contribution in [2.24, 2.45) is 0 Å². The van der Waals surface area contributed by atoms with E-state index in [0.29, 0.717) is 34.0 Å². The van der Waals surface area contributed by atoms with Crippen LogP contribution in [-0.2, 0) is 9.47 Å². The lowest BCUT2D eigenvalue weighted by atomic mass is 10.0. The summed E-state index contributed by atoms with van der Waals surface area (Å²) < 4.78 is 16.9. The predicted octanol–water partition coefficient (Wildman–Crippen LogP) is 6.72. The number of nitrogens with one attached hydrogen (secondary N) is 1. The molecule has 0 spiro atoms. The maximum atomic E-state index is 12.9. The minimum Gasteiger partial charge on any atom is -0.455 e. The molecule has 0 atom stereocenters.